The van der Waals surface area contributed by atoms with E-state index in [4.69, 9.17) is 0 Å². The van der Waals surface area contributed by atoms with E-state index in [0.29, 0.717) is 11.3 Å². The minimum Gasteiger partial charge on any atom is -0.338 e. The highest BCUT2D eigenvalue weighted by molar-refractivity contribution is 7.13. The largest absolute Gasteiger partial charge is 0.338 e. The lowest BCUT2D eigenvalue weighted by molar-refractivity contribution is -0.122. The van der Waals surface area contributed by atoms with Gasteiger partial charge in [0.05, 0.1) is 4.88 Å². The molecule has 1 saturated heterocycles. The molecule has 0 aromatic carbocycles. The summed E-state index contributed by atoms with van der Waals surface area (Å²) in [6, 6.07) is 3.75. The summed E-state index contributed by atoms with van der Waals surface area (Å²) in [4.78, 5) is 36.3. The first-order chi connectivity index (χ1) is 11.5. The number of amides is 4. The number of carbonyl (C=O) groups is 3. The monoisotopic (exact) mass is 352 g/mol. The maximum absolute atomic E-state index is 11.8. The zero-order chi connectivity index (χ0) is 17.4. The predicted octanol–water partition coefficient (Wildman–Crippen LogP) is 1.84. The molecule has 1 aliphatic rings. The van der Waals surface area contributed by atoms with Crippen LogP contribution in [-0.2, 0) is 4.79 Å². The molecule has 2 rings (SSSR count). The Labute approximate surface area is 145 Å². The number of hydrogen-bond donors (Lipinski definition) is 4. The summed E-state index contributed by atoms with van der Waals surface area (Å²) in [5, 5.41) is 5.62. The summed E-state index contributed by atoms with van der Waals surface area (Å²) in [5.41, 5.74) is 4.87. The topological polar surface area (TPSA) is 99.3 Å². The summed E-state index contributed by atoms with van der Waals surface area (Å²) in [6.45, 7) is 2.65. The number of carbonyl (C=O) groups excluding carboxylic acids is 3. The third-order valence-electron chi connectivity index (χ3n) is 3.85. The van der Waals surface area contributed by atoms with Crippen LogP contribution in [0.2, 0.25) is 0 Å². The van der Waals surface area contributed by atoms with Gasteiger partial charge >= 0.3 is 6.03 Å². The number of nitrogens with one attached hydrogen (secondary N) is 4. The molecule has 8 heteroatoms. The molecule has 1 aromatic heterocycles. The third-order valence-corrected chi connectivity index (χ3v) is 4.85. The highest BCUT2D eigenvalue weighted by atomic mass is 32.1. The van der Waals surface area contributed by atoms with Gasteiger partial charge < -0.3 is 10.6 Å². The number of thiophene rings is 1. The average Bonchev–Trinajstić information content (AvgIpc) is 2.99. The fourth-order valence-electron chi connectivity index (χ4n) is 2.55. The number of urea groups is 1. The molecule has 0 bridgehead atoms. The van der Waals surface area contributed by atoms with E-state index in [0.717, 1.165) is 43.5 Å². The Morgan fingerprint density at radius 1 is 1.25 bits per heavy atom. The van der Waals surface area contributed by atoms with Gasteiger partial charge in [0.1, 0.15) is 0 Å². The molecule has 132 valence electrons. The van der Waals surface area contributed by atoms with Crippen LogP contribution in [0, 0.1) is 6.92 Å². The maximum atomic E-state index is 11.8. The van der Waals surface area contributed by atoms with Gasteiger partial charge in [-0.2, -0.15) is 0 Å². The first kappa shape index (κ1) is 18.3. The molecule has 1 fully saturated rings. The summed E-state index contributed by atoms with van der Waals surface area (Å²) < 4.78 is 0. The molecule has 0 spiro atoms. The smallest absolute Gasteiger partial charge is 0.315 e. The molecule has 1 aliphatic heterocycles. The normalized spacial score (nSPS) is 16.9. The van der Waals surface area contributed by atoms with Crippen LogP contribution in [0.25, 0.3) is 0 Å². The molecule has 24 heavy (non-hydrogen) atoms. The second kappa shape index (κ2) is 9.27. The molecular formula is C16H24N4O3S. The number of unbranched alkanes of at least 4 members (excludes halogenated alkanes) is 2. The molecule has 1 atom stereocenters. The van der Waals surface area contributed by atoms with E-state index >= 15 is 0 Å². The quantitative estimate of drug-likeness (QED) is 0.445. The second-order valence-electron chi connectivity index (χ2n) is 5.90. The van der Waals surface area contributed by atoms with Crippen LogP contribution in [0.1, 0.15) is 53.1 Å². The van der Waals surface area contributed by atoms with Crippen molar-refractivity contribution in [1.82, 2.24) is 21.5 Å². The first-order valence-corrected chi connectivity index (χ1v) is 9.06. The van der Waals surface area contributed by atoms with Gasteiger partial charge in [-0.15, -0.1) is 11.3 Å². The Balaban J connectivity index is 1.52. The lowest BCUT2D eigenvalue weighted by Gasteiger charge is -2.24. The van der Waals surface area contributed by atoms with Gasteiger partial charge in [0.25, 0.3) is 5.91 Å². The van der Waals surface area contributed by atoms with Crippen molar-refractivity contribution in [3.8, 4) is 0 Å². The van der Waals surface area contributed by atoms with Crippen LogP contribution in [0.4, 0.5) is 4.79 Å². The predicted molar refractivity (Wildman–Crippen MR) is 92.7 cm³/mol. The second-order valence-corrected chi connectivity index (χ2v) is 7.19. The van der Waals surface area contributed by atoms with Gasteiger partial charge in [-0.1, -0.05) is 12.8 Å². The van der Waals surface area contributed by atoms with Crippen LogP contribution in [0.15, 0.2) is 12.1 Å². The summed E-state index contributed by atoms with van der Waals surface area (Å²) in [7, 11) is 0. The van der Waals surface area contributed by atoms with Crippen molar-refractivity contribution in [1.29, 1.82) is 0 Å². The van der Waals surface area contributed by atoms with Crippen LogP contribution in [0.3, 0.4) is 0 Å². The molecule has 4 N–H and O–H groups in total. The minimum atomic E-state index is -0.289. The van der Waals surface area contributed by atoms with Crippen molar-refractivity contribution in [3.63, 3.8) is 0 Å². The van der Waals surface area contributed by atoms with Gasteiger partial charge in [0.2, 0.25) is 5.91 Å². The van der Waals surface area contributed by atoms with Crippen LogP contribution < -0.4 is 21.5 Å². The number of hydrazine groups is 1. The summed E-state index contributed by atoms with van der Waals surface area (Å²) >= 11 is 1.39. The zero-order valence-corrected chi connectivity index (χ0v) is 14.6. The highest BCUT2D eigenvalue weighted by Crippen LogP contribution is 2.14. The Hall–Kier alpha value is -2.09. The van der Waals surface area contributed by atoms with Crippen molar-refractivity contribution in [2.24, 2.45) is 0 Å². The number of aryl methyl sites for hydroxylation is 1. The van der Waals surface area contributed by atoms with Crippen molar-refractivity contribution >= 4 is 29.2 Å². The van der Waals surface area contributed by atoms with E-state index in [2.05, 4.69) is 21.5 Å². The lowest BCUT2D eigenvalue weighted by Crippen LogP contribution is -2.49. The number of rotatable bonds is 7. The van der Waals surface area contributed by atoms with Crippen molar-refractivity contribution in [3.05, 3.63) is 21.9 Å². The zero-order valence-electron chi connectivity index (χ0n) is 13.8. The van der Waals surface area contributed by atoms with Crippen LogP contribution >= 0.6 is 11.3 Å². The Kier molecular flexibility index (Phi) is 7.05. The standard InChI is InChI=1S/C16H24N4O3S/c1-11-7-8-13(24-11)15(22)20-19-14(21)6-4-2-3-5-12-9-10-17-16(23)18-12/h7-8,12H,2-6,9-10H2,1H3,(H,19,21)(H,20,22)(H2,17,18,23). The van der Waals surface area contributed by atoms with Gasteiger partial charge in [0.15, 0.2) is 0 Å². The van der Waals surface area contributed by atoms with Crippen LogP contribution in [-0.4, -0.2) is 30.4 Å². The molecule has 0 aliphatic carbocycles. The SMILES string of the molecule is Cc1ccc(C(=O)NNC(=O)CCCCCC2CCNC(=O)N2)s1. The molecule has 4 amide bonds. The number of hydrogen-bond acceptors (Lipinski definition) is 4. The van der Waals surface area contributed by atoms with E-state index in [9.17, 15) is 14.4 Å². The van der Waals surface area contributed by atoms with Crippen molar-refractivity contribution in [2.75, 3.05) is 6.54 Å². The van der Waals surface area contributed by atoms with E-state index in [1.54, 1.807) is 6.07 Å². The lowest BCUT2D eigenvalue weighted by atomic mass is 10.0. The van der Waals surface area contributed by atoms with E-state index in [-0.39, 0.29) is 23.9 Å². The molecule has 2 heterocycles. The van der Waals surface area contributed by atoms with Gasteiger partial charge in [-0.25, -0.2) is 4.79 Å². The van der Waals surface area contributed by atoms with Crippen molar-refractivity contribution in [2.45, 2.75) is 51.5 Å². The van der Waals surface area contributed by atoms with E-state index in [1.165, 1.54) is 11.3 Å². The summed E-state index contributed by atoms with van der Waals surface area (Å²) in [6.07, 6.45) is 4.91. The molecular weight excluding hydrogens is 328 g/mol. The molecule has 1 aromatic rings. The fraction of sp³-hybridized carbons (Fsp3) is 0.562. The molecule has 0 radical (unpaired) electrons. The van der Waals surface area contributed by atoms with Gasteiger partial charge in [-0.3, -0.25) is 20.4 Å². The van der Waals surface area contributed by atoms with Crippen LogP contribution in [0.5, 0.6) is 0 Å². The third kappa shape index (κ3) is 6.19. The highest BCUT2D eigenvalue weighted by Gasteiger charge is 2.16. The Bertz CT molecular complexity index is 588. The van der Waals surface area contributed by atoms with E-state index in [1.807, 2.05) is 13.0 Å². The Morgan fingerprint density at radius 2 is 2.08 bits per heavy atom. The molecule has 0 saturated carbocycles. The van der Waals surface area contributed by atoms with Crippen molar-refractivity contribution < 1.29 is 14.4 Å². The Morgan fingerprint density at radius 3 is 2.79 bits per heavy atom. The van der Waals surface area contributed by atoms with E-state index < -0.39 is 0 Å². The summed E-state index contributed by atoms with van der Waals surface area (Å²) in [5.74, 6) is -0.477. The van der Waals surface area contributed by atoms with Gasteiger partial charge in [-0.05, 0) is 38.3 Å². The molecule has 1 unspecified atom stereocenters. The fourth-order valence-corrected chi connectivity index (χ4v) is 3.31. The maximum Gasteiger partial charge on any atom is 0.315 e. The average molecular weight is 352 g/mol. The molecule has 7 nitrogen and oxygen atoms in total. The first-order valence-electron chi connectivity index (χ1n) is 8.24. The van der Waals surface area contributed by atoms with Gasteiger partial charge in [0, 0.05) is 23.9 Å². The minimum absolute atomic E-state index is 0.0951.